The van der Waals surface area contributed by atoms with Gasteiger partial charge in [-0.3, -0.25) is 4.90 Å². The highest BCUT2D eigenvalue weighted by molar-refractivity contribution is 8.00. The molecule has 0 radical (unpaired) electrons. The molecule has 1 aliphatic carbocycles. The second kappa shape index (κ2) is 8.02. The average Bonchev–Trinajstić information content (AvgIpc) is 2.48. The summed E-state index contributed by atoms with van der Waals surface area (Å²) in [6.07, 6.45) is 9.65. The van der Waals surface area contributed by atoms with E-state index in [2.05, 4.69) is 42.1 Å². The largest absolute Gasteiger partial charge is 0.374 e. The Morgan fingerprint density at radius 3 is 2.70 bits per heavy atom. The SMILES string of the molecule is CSC1(CNCC2CN(C(C)C)CCO2)CCCCC1. The molecule has 1 saturated carbocycles. The minimum absolute atomic E-state index is 0.369. The van der Waals surface area contributed by atoms with Crippen molar-refractivity contribution in [3.05, 3.63) is 0 Å². The van der Waals surface area contributed by atoms with Gasteiger partial charge in [0, 0.05) is 37.0 Å². The normalized spacial score (nSPS) is 27.9. The number of rotatable bonds is 6. The minimum atomic E-state index is 0.369. The van der Waals surface area contributed by atoms with Crippen molar-refractivity contribution >= 4 is 11.8 Å². The Bertz CT molecular complexity index is 280. The lowest BCUT2D eigenvalue weighted by molar-refractivity contribution is -0.0373. The average molecular weight is 301 g/mol. The number of nitrogens with zero attached hydrogens (tertiary/aromatic N) is 1. The van der Waals surface area contributed by atoms with Crippen LogP contribution < -0.4 is 5.32 Å². The molecular weight excluding hydrogens is 268 g/mol. The van der Waals surface area contributed by atoms with E-state index in [-0.39, 0.29) is 0 Å². The molecule has 118 valence electrons. The molecule has 1 unspecified atom stereocenters. The summed E-state index contributed by atoms with van der Waals surface area (Å²) in [5.74, 6) is 0. The highest BCUT2D eigenvalue weighted by Gasteiger charge is 2.31. The van der Waals surface area contributed by atoms with Crippen molar-refractivity contribution in [2.45, 2.75) is 62.8 Å². The van der Waals surface area contributed by atoms with Gasteiger partial charge in [-0.1, -0.05) is 19.3 Å². The third-order valence-electron chi connectivity index (χ3n) is 4.92. The Labute approximate surface area is 129 Å². The molecule has 0 bridgehead atoms. The molecule has 1 N–H and O–H groups in total. The molecule has 4 heteroatoms. The highest BCUT2D eigenvalue weighted by atomic mass is 32.2. The number of hydrogen-bond donors (Lipinski definition) is 1. The second-order valence-electron chi connectivity index (χ2n) is 6.66. The molecule has 0 aromatic rings. The van der Waals surface area contributed by atoms with Gasteiger partial charge in [0.05, 0.1) is 12.7 Å². The monoisotopic (exact) mass is 300 g/mol. The Balaban J connectivity index is 1.71. The molecule has 3 nitrogen and oxygen atoms in total. The predicted molar refractivity (Wildman–Crippen MR) is 88.6 cm³/mol. The number of hydrogen-bond acceptors (Lipinski definition) is 4. The van der Waals surface area contributed by atoms with Gasteiger partial charge in [-0.25, -0.2) is 0 Å². The lowest BCUT2D eigenvalue weighted by Gasteiger charge is -2.38. The van der Waals surface area contributed by atoms with Gasteiger partial charge < -0.3 is 10.1 Å². The van der Waals surface area contributed by atoms with Crippen LogP contribution in [0.5, 0.6) is 0 Å². The maximum Gasteiger partial charge on any atom is 0.0826 e. The van der Waals surface area contributed by atoms with Gasteiger partial charge in [-0.05, 0) is 32.9 Å². The van der Waals surface area contributed by atoms with Gasteiger partial charge in [-0.15, -0.1) is 0 Å². The molecule has 0 aromatic carbocycles. The van der Waals surface area contributed by atoms with Gasteiger partial charge in [0.15, 0.2) is 0 Å². The Hall–Kier alpha value is 0.230. The molecule has 0 aromatic heterocycles. The first kappa shape index (κ1) is 16.6. The molecule has 20 heavy (non-hydrogen) atoms. The number of nitrogens with one attached hydrogen (secondary N) is 1. The zero-order valence-corrected chi connectivity index (χ0v) is 14.3. The maximum absolute atomic E-state index is 5.90. The molecule has 0 spiro atoms. The molecule has 2 fully saturated rings. The number of morpholine rings is 1. The summed E-state index contributed by atoms with van der Waals surface area (Å²) < 4.78 is 6.39. The summed E-state index contributed by atoms with van der Waals surface area (Å²) in [7, 11) is 0. The van der Waals surface area contributed by atoms with Crippen LogP contribution in [0.25, 0.3) is 0 Å². The van der Waals surface area contributed by atoms with Crippen LogP contribution >= 0.6 is 11.8 Å². The van der Waals surface area contributed by atoms with Crippen molar-refractivity contribution < 1.29 is 4.74 Å². The first-order valence-electron chi connectivity index (χ1n) is 8.27. The lowest BCUT2D eigenvalue weighted by atomic mass is 9.88. The van der Waals surface area contributed by atoms with Crippen molar-refractivity contribution in [3.8, 4) is 0 Å². The molecule has 1 saturated heterocycles. The van der Waals surface area contributed by atoms with Crippen molar-refractivity contribution in [1.82, 2.24) is 10.2 Å². The Morgan fingerprint density at radius 1 is 1.30 bits per heavy atom. The van der Waals surface area contributed by atoms with E-state index in [1.54, 1.807) is 0 Å². The van der Waals surface area contributed by atoms with Crippen molar-refractivity contribution in [2.75, 3.05) is 39.0 Å². The molecule has 1 aliphatic heterocycles. The first-order valence-corrected chi connectivity index (χ1v) is 9.49. The van der Waals surface area contributed by atoms with E-state index in [1.165, 1.54) is 32.1 Å². The van der Waals surface area contributed by atoms with Crippen LogP contribution in [-0.4, -0.2) is 60.8 Å². The fourth-order valence-electron chi connectivity index (χ4n) is 3.44. The summed E-state index contributed by atoms with van der Waals surface area (Å²) in [5, 5.41) is 3.70. The van der Waals surface area contributed by atoms with Crippen LogP contribution in [0.1, 0.15) is 46.0 Å². The van der Waals surface area contributed by atoms with E-state index < -0.39 is 0 Å². The third kappa shape index (κ3) is 4.62. The van der Waals surface area contributed by atoms with E-state index in [0.717, 1.165) is 32.8 Å². The van der Waals surface area contributed by atoms with E-state index >= 15 is 0 Å². The van der Waals surface area contributed by atoms with Gasteiger partial charge in [-0.2, -0.15) is 11.8 Å². The zero-order valence-electron chi connectivity index (χ0n) is 13.5. The van der Waals surface area contributed by atoms with Crippen LogP contribution in [0.15, 0.2) is 0 Å². The summed E-state index contributed by atoms with van der Waals surface area (Å²) >= 11 is 2.07. The number of thioether (sulfide) groups is 1. The highest BCUT2D eigenvalue weighted by Crippen LogP contribution is 2.37. The van der Waals surface area contributed by atoms with Gasteiger partial charge in [0.1, 0.15) is 0 Å². The lowest BCUT2D eigenvalue weighted by Crippen LogP contribution is -2.50. The van der Waals surface area contributed by atoms with E-state index in [4.69, 9.17) is 4.74 Å². The van der Waals surface area contributed by atoms with E-state index in [0.29, 0.717) is 16.9 Å². The standard InChI is InChI=1S/C16H32N2OS/c1-14(2)18-9-10-19-15(12-18)11-17-13-16(20-3)7-5-4-6-8-16/h14-15,17H,4-13H2,1-3H3. The van der Waals surface area contributed by atoms with E-state index in [1.807, 2.05) is 0 Å². The minimum Gasteiger partial charge on any atom is -0.374 e. The van der Waals surface area contributed by atoms with Gasteiger partial charge in [0.25, 0.3) is 0 Å². The van der Waals surface area contributed by atoms with Crippen LogP contribution in [0.4, 0.5) is 0 Å². The summed E-state index contributed by atoms with van der Waals surface area (Å²) in [6.45, 7) is 9.76. The van der Waals surface area contributed by atoms with Gasteiger partial charge in [0.2, 0.25) is 0 Å². The van der Waals surface area contributed by atoms with Crippen molar-refractivity contribution in [2.24, 2.45) is 0 Å². The quantitative estimate of drug-likeness (QED) is 0.815. The Morgan fingerprint density at radius 2 is 2.05 bits per heavy atom. The summed E-state index contributed by atoms with van der Waals surface area (Å²) in [4.78, 5) is 2.53. The smallest absolute Gasteiger partial charge is 0.0826 e. The molecule has 0 amide bonds. The molecule has 1 atom stereocenters. The van der Waals surface area contributed by atoms with Crippen molar-refractivity contribution in [1.29, 1.82) is 0 Å². The maximum atomic E-state index is 5.90. The summed E-state index contributed by atoms with van der Waals surface area (Å²) in [5.41, 5.74) is 0. The molecule has 2 rings (SSSR count). The third-order valence-corrected chi connectivity index (χ3v) is 6.34. The summed E-state index contributed by atoms with van der Waals surface area (Å²) in [6, 6.07) is 0.636. The molecule has 1 heterocycles. The fraction of sp³-hybridized carbons (Fsp3) is 1.00. The van der Waals surface area contributed by atoms with Crippen LogP contribution in [0.2, 0.25) is 0 Å². The molecule has 2 aliphatic rings. The van der Waals surface area contributed by atoms with Crippen LogP contribution in [0.3, 0.4) is 0 Å². The first-order chi connectivity index (χ1) is 9.65. The van der Waals surface area contributed by atoms with Crippen molar-refractivity contribution in [3.63, 3.8) is 0 Å². The fourth-order valence-corrected chi connectivity index (χ4v) is 4.39. The Kier molecular flexibility index (Phi) is 6.66. The van der Waals surface area contributed by atoms with Gasteiger partial charge >= 0.3 is 0 Å². The zero-order chi connectivity index (χ0) is 14.4. The second-order valence-corrected chi connectivity index (χ2v) is 7.93. The number of ether oxygens (including phenoxy) is 1. The topological polar surface area (TPSA) is 24.5 Å². The van der Waals surface area contributed by atoms with Crippen LogP contribution in [-0.2, 0) is 4.74 Å². The van der Waals surface area contributed by atoms with Crippen LogP contribution in [0, 0.1) is 0 Å². The molecular formula is C16H32N2OS. The predicted octanol–water partition coefficient (Wildman–Crippen LogP) is 2.75. The van der Waals surface area contributed by atoms with E-state index in [9.17, 15) is 0 Å².